The second-order valence-corrected chi connectivity index (χ2v) is 4.50. The fraction of sp³-hybridized carbons (Fsp3) is 0.154. The number of hydrogen-bond acceptors (Lipinski definition) is 3. The third-order valence-electron chi connectivity index (χ3n) is 2.77. The first kappa shape index (κ1) is 14.8. The maximum absolute atomic E-state index is 12.7. The van der Waals surface area contributed by atoms with Gasteiger partial charge in [-0.05, 0) is 29.8 Å². The summed E-state index contributed by atoms with van der Waals surface area (Å²) in [5.74, 6) is 5.43. The van der Waals surface area contributed by atoms with Crippen LogP contribution in [0.1, 0.15) is 22.9 Å². The molecule has 2 aromatic rings. The minimum absolute atomic E-state index is 0.327. The van der Waals surface area contributed by atoms with Crippen LogP contribution in [0.2, 0.25) is 5.02 Å². The maximum atomic E-state index is 12.7. The molecule has 20 heavy (non-hydrogen) atoms. The van der Waals surface area contributed by atoms with Gasteiger partial charge in [-0.2, -0.15) is 13.2 Å². The zero-order valence-electron chi connectivity index (χ0n) is 10.2. The lowest BCUT2D eigenvalue weighted by Gasteiger charge is -2.18. The van der Waals surface area contributed by atoms with Crippen molar-refractivity contribution in [2.45, 2.75) is 12.2 Å². The lowest BCUT2D eigenvalue weighted by molar-refractivity contribution is -0.137. The minimum atomic E-state index is -4.41. The van der Waals surface area contributed by atoms with Crippen LogP contribution in [-0.2, 0) is 6.18 Å². The van der Waals surface area contributed by atoms with E-state index in [9.17, 15) is 13.2 Å². The highest BCUT2D eigenvalue weighted by Crippen LogP contribution is 2.32. The average Bonchev–Trinajstić information content (AvgIpc) is 2.41. The summed E-state index contributed by atoms with van der Waals surface area (Å²) in [5, 5.41) is 0.327. The molecule has 0 fully saturated rings. The van der Waals surface area contributed by atoms with Crippen molar-refractivity contribution >= 4 is 11.6 Å². The number of nitrogens with zero attached hydrogens (tertiary/aromatic N) is 1. The number of hydrazine groups is 1. The summed E-state index contributed by atoms with van der Waals surface area (Å²) in [4.78, 5) is 4.06. The highest BCUT2D eigenvalue weighted by Gasteiger charge is 2.31. The van der Waals surface area contributed by atoms with Gasteiger partial charge in [-0.25, -0.2) is 5.43 Å². The summed E-state index contributed by atoms with van der Waals surface area (Å²) in [6, 6.07) is 7.38. The number of rotatable bonds is 3. The molecule has 3 nitrogen and oxygen atoms in total. The summed E-state index contributed by atoms with van der Waals surface area (Å²) in [6.45, 7) is 0. The monoisotopic (exact) mass is 301 g/mol. The normalized spacial score (nSPS) is 13.2. The van der Waals surface area contributed by atoms with Gasteiger partial charge >= 0.3 is 6.18 Å². The molecule has 1 aromatic carbocycles. The molecule has 1 heterocycles. The minimum Gasteiger partial charge on any atom is -0.271 e. The zero-order valence-corrected chi connectivity index (χ0v) is 10.9. The van der Waals surface area contributed by atoms with Gasteiger partial charge in [0.1, 0.15) is 0 Å². The molecular formula is C13H11ClF3N3. The third-order valence-corrected chi connectivity index (χ3v) is 3.09. The maximum Gasteiger partial charge on any atom is 0.416 e. The van der Waals surface area contributed by atoms with Crippen molar-refractivity contribution in [2.75, 3.05) is 0 Å². The highest BCUT2D eigenvalue weighted by molar-refractivity contribution is 6.31. The van der Waals surface area contributed by atoms with Crippen LogP contribution in [0.5, 0.6) is 0 Å². The van der Waals surface area contributed by atoms with Gasteiger partial charge in [0.15, 0.2) is 0 Å². The van der Waals surface area contributed by atoms with Crippen molar-refractivity contribution in [3.8, 4) is 0 Å². The second-order valence-electron chi connectivity index (χ2n) is 4.09. The van der Waals surface area contributed by atoms with Crippen molar-refractivity contribution in [3.05, 3.63) is 64.4 Å². The molecule has 0 aliphatic carbocycles. The summed E-state index contributed by atoms with van der Waals surface area (Å²) < 4.78 is 38.2. The molecule has 2 rings (SSSR count). The van der Waals surface area contributed by atoms with Gasteiger partial charge in [-0.3, -0.25) is 10.8 Å². The van der Waals surface area contributed by atoms with E-state index >= 15 is 0 Å². The molecule has 3 N–H and O–H groups in total. The molecule has 0 aliphatic heterocycles. The molecule has 0 spiro atoms. The van der Waals surface area contributed by atoms with Gasteiger partial charge in [-0.1, -0.05) is 23.7 Å². The molecule has 0 saturated carbocycles. The first-order valence-corrected chi connectivity index (χ1v) is 6.05. The van der Waals surface area contributed by atoms with Crippen LogP contribution < -0.4 is 11.3 Å². The molecule has 7 heteroatoms. The van der Waals surface area contributed by atoms with E-state index in [1.54, 1.807) is 12.1 Å². The molecule has 0 aliphatic rings. The van der Waals surface area contributed by atoms with Gasteiger partial charge in [0.05, 0.1) is 22.3 Å². The highest BCUT2D eigenvalue weighted by atomic mass is 35.5. The molecule has 1 unspecified atom stereocenters. The van der Waals surface area contributed by atoms with E-state index in [4.69, 9.17) is 17.4 Å². The van der Waals surface area contributed by atoms with Gasteiger partial charge in [-0.15, -0.1) is 0 Å². The molecule has 0 saturated heterocycles. The number of benzene rings is 1. The molecule has 0 amide bonds. The van der Waals surface area contributed by atoms with Gasteiger partial charge < -0.3 is 0 Å². The van der Waals surface area contributed by atoms with Gasteiger partial charge in [0.25, 0.3) is 0 Å². The summed E-state index contributed by atoms with van der Waals surface area (Å²) in [7, 11) is 0. The quantitative estimate of drug-likeness (QED) is 0.675. The van der Waals surface area contributed by atoms with Crippen LogP contribution in [0.15, 0.2) is 42.6 Å². The molecule has 0 bridgehead atoms. The topological polar surface area (TPSA) is 50.9 Å². The van der Waals surface area contributed by atoms with Crippen molar-refractivity contribution in [1.82, 2.24) is 10.4 Å². The summed E-state index contributed by atoms with van der Waals surface area (Å²) in [5.41, 5.74) is 2.40. The number of pyridine rings is 1. The smallest absolute Gasteiger partial charge is 0.271 e. The van der Waals surface area contributed by atoms with E-state index in [2.05, 4.69) is 10.4 Å². The van der Waals surface area contributed by atoms with Crippen molar-refractivity contribution in [1.29, 1.82) is 0 Å². The molecule has 106 valence electrons. The van der Waals surface area contributed by atoms with Gasteiger partial charge in [0, 0.05) is 6.20 Å². The Kier molecular flexibility index (Phi) is 4.27. The van der Waals surface area contributed by atoms with E-state index in [0.29, 0.717) is 16.3 Å². The third kappa shape index (κ3) is 3.09. The van der Waals surface area contributed by atoms with Crippen molar-refractivity contribution in [2.24, 2.45) is 5.84 Å². The second kappa shape index (κ2) is 5.78. The predicted octanol–water partition coefficient (Wildman–Crippen LogP) is 3.31. The predicted molar refractivity (Wildman–Crippen MR) is 69.9 cm³/mol. The number of hydrogen-bond donors (Lipinski definition) is 2. The number of nitrogens with one attached hydrogen (secondary N) is 1. The Balaban J connectivity index is 2.46. The van der Waals surface area contributed by atoms with Crippen LogP contribution in [-0.4, -0.2) is 4.98 Å². The Morgan fingerprint density at radius 3 is 2.55 bits per heavy atom. The number of halogens is 4. The van der Waals surface area contributed by atoms with Crippen LogP contribution in [0, 0.1) is 0 Å². The van der Waals surface area contributed by atoms with Crippen LogP contribution >= 0.6 is 11.6 Å². The summed E-state index contributed by atoms with van der Waals surface area (Å²) in [6.07, 6.45) is -2.91. The lowest BCUT2D eigenvalue weighted by atomic mass is 10.0. The zero-order chi connectivity index (χ0) is 14.8. The fourth-order valence-electron chi connectivity index (χ4n) is 1.84. The van der Waals surface area contributed by atoms with E-state index in [1.165, 1.54) is 18.3 Å². The fourth-order valence-corrected chi connectivity index (χ4v) is 2.07. The largest absolute Gasteiger partial charge is 0.416 e. The Hall–Kier alpha value is -1.63. The Morgan fingerprint density at radius 1 is 1.20 bits per heavy atom. The van der Waals surface area contributed by atoms with E-state index in [1.807, 2.05) is 0 Å². The Morgan fingerprint density at radius 2 is 1.95 bits per heavy atom. The van der Waals surface area contributed by atoms with Crippen molar-refractivity contribution < 1.29 is 13.2 Å². The lowest BCUT2D eigenvalue weighted by Crippen LogP contribution is -2.30. The number of nitrogens with two attached hydrogens (primary N) is 1. The van der Waals surface area contributed by atoms with E-state index in [-0.39, 0.29) is 0 Å². The van der Waals surface area contributed by atoms with Crippen LogP contribution in [0.4, 0.5) is 13.2 Å². The average molecular weight is 302 g/mol. The molecule has 1 aromatic heterocycles. The Labute approximate surface area is 118 Å². The standard InChI is InChI=1S/C13H11ClF3N3/c14-10-5-2-6-19-12(10)11(20-18)8-3-1-4-9(7-8)13(15,16)17/h1-7,11,20H,18H2. The number of aromatic nitrogens is 1. The van der Waals surface area contributed by atoms with Crippen LogP contribution in [0.25, 0.3) is 0 Å². The van der Waals surface area contributed by atoms with Gasteiger partial charge in [0.2, 0.25) is 0 Å². The summed E-state index contributed by atoms with van der Waals surface area (Å²) >= 11 is 6.00. The first-order valence-electron chi connectivity index (χ1n) is 5.67. The first-order chi connectivity index (χ1) is 9.43. The molecule has 0 radical (unpaired) electrons. The van der Waals surface area contributed by atoms with Crippen LogP contribution in [0.3, 0.4) is 0 Å². The number of alkyl halides is 3. The molecular weight excluding hydrogens is 291 g/mol. The van der Waals surface area contributed by atoms with E-state index < -0.39 is 17.8 Å². The van der Waals surface area contributed by atoms with Crippen molar-refractivity contribution in [3.63, 3.8) is 0 Å². The SMILES string of the molecule is NNC(c1cccc(C(F)(F)F)c1)c1ncccc1Cl. The molecule has 1 atom stereocenters. The Bertz CT molecular complexity index is 601. The van der Waals surface area contributed by atoms with E-state index in [0.717, 1.165) is 12.1 Å².